The van der Waals surface area contributed by atoms with E-state index in [4.69, 9.17) is 4.74 Å². The molecule has 0 spiro atoms. The number of halogens is 3. The van der Waals surface area contributed by atoms with Gasteiger partial charge in [0.05, 0.1) is 0 Å². The Balaban J connectivity index is 1.98. The SMILES string of the molecule is Fc1cc(Br)cc(F)c1NCC1CCOCC1. The van der Waals surface area contributed by atoms with Crippen molar-refractivity contribution in [2.24, 2.45) is 5.92 Å². The van der Waals surface area contributed by atoms with E-state index in [0.717, 1.165) is 26.1 Å². The van der Waals surface area contributed by atoms with E-state index in [0.29, 0.717) is 16.9 Å². The topological polar surface area (TPSA) is 21.3 Å². The third-order valence-corrected chi connectivity index (χ3v) is 3.37. The molecule has 2 rings (SSSR count). The summed E-state index contributed by atoms with van der Waals surface area (Å²) in [5, 5.41) is 2.85. The fourth-order valence-corrected chi connectivity index (χ4v) is 2.31. The molecule has 0 bridgehead atoms. The molecule has 0 aliphatic carbocycles. The second kappa shape index (κ2) is 5.78. The molecule has 0 unspecified atom stereocenters. The van der Waals surface area contributed by atoms with Crippen molar-refractivity contribution in [3.05, 3.63) is 28.2 Å². The lowest BCUT2D eigenvalue weighted by molar-refractivity contribution is 0.0699. The van der Waals surface area contributed by atoms with Crippen LogP contribution >= 0.6 is 15.9 Å². The first-order chi connectivity index (χ1) is 8.16. The van der Waals surface area contributed by atoms with Crippen LogP contribution in [0.5, 0.6) is 0 Å². The number of hydrogen-bond acceptors (Lipinski definition) is 2. The molecule has 5 heteroatoms. The van der Waals surface area contributed by atoms with Gasteiger partial charge in [0.1, 0.15) is 17.3 Å². The molecule has 1 aliphatic rings. The van der Waals surface area contributed by atoms with Gasteiger partial charge in [-0.3, -0.25) is 0 Å². The minimum Gasteiger partial charge on any atom is -0.381 e. The van der Waals surface area contributed by atoms with Gasteiger partial charge in [0.15, 0.2) is 0 Å². The summed E-state index contributed by atoms with van der Waals surface area (Å²) in [7, 11) is 0. The van der Waals surface area contributed by atoms with Crippen molar-refractivity contribution in [2.45, 2.75) is 12.8 Å². The number of ether oxygens (including phenoxy) is 1. The van der Waals surface area contributed by atoms with Crippen molar-refractivity contribution in [1.29, 1.82) is 0 Å². The molecule has 1 heterocycles. The van der Waals surface area contributed by atoms with Gasteiger partial charge in [0.2, 0.25) is 0 Å². The Morgan fingerprint density at radius 2 is 1.82 bits per heavy atom. The largest absolute Gasteiger partial charge is 0.381 e. The molecule has 0 aromatic heterocycles. The smallest absolute Gasteiger partial charge is 0.150 e. The average Bonchev–Trinajstić information content (AvgIpc) is 2.29. The lowest BCUT2D eigenvalue weighted by Gasteiger charge is -2.22. The molecular weight excluding hydrogens is 292 g/mol. The van der Waals surface area contributed by atoms with E-state index in [2.05, 4.69) is 21.2 Å². The molecule has 1 fully saturated rings. The first kappa shape index (κ1) is 12.8. The first-order valence-electron chi connectivity index (χ1n) is 5.63. The standard InChI is InChI=1S/C12H14BrF2NO/c13-9-5-10(14)12(11(15)6-9)16-7-8-1-3-17-4-2-8/h5-6,8,16H,1-4,7H2. The fraction of sp³-hybridized carbons (Fsp3) is 0.500. The van der Waals surface area contributed by atoms with Crippen molar-refractivity contribution in [3.63, 3.8) is 0 Å². The zero-order chi connectivity index (χ0) is 12.3. The summed E-state index contributed by atoms with van der Waals surface area (Å²) in [6.07, 6.45) is 1.87. The number of anilines is 1. The van der Waals surface area contributed by atoms with Crippen LogP contribution in [0.2, 0.25) is 0 Å². The second-order valence-electron chi connectivity index (χ2n) is 4.18. The predicted molar refractivity (Wildman–Crippen MR) is 66.1 cm³/mol. The molecule has 1 N–H and O–H groups in total. The molecule has 1 aromatic rings. The van der Waals surface area contributed by atoms with Gasteiger partial charge in [-0.05, 0) is 30.9 Å². The van der Waals surface area contributed by atoms with Crippen molar-refractivity contribution in [2.75, 3.05) is 25.1 Å². The van der Waals surface area contributed by atoms with Gasteiger partial charge in [-0.2, -0.15) is 0 Å². The molecule has 1 saturated heterocycles. The van der Waals surface area contributed by atoms with Gasteiger partial charge < -0.3 is 10.1 Å². The zero-order valence-electron chi connectivity index (χ0n) is 9.31. The molecule has 17 heavy (non-hydrogen) atoms. The van der Waals surface area contributed by atoms with E-state index in [1.165, 1.54) is 12.1 Å². The van der Waals surface area contributed by atoms with Gasteiger partial charge in [0, 0.05) is 24.2 Å². The van der Waals surface area contributed by atoms with Gasteiger partial charge in [-0.15, -0.1) is 0 Å². The summed E-state index contributed by atoms with van der Waals surface area (Å²) < 4.78 is 32.7. The molecule has 2 nitrogen and oxygen atoms in total. The monoisotopic (exact) mass is 305 g/mol. The molecular formula is C12H14BrF2NO. The first-order valence-corrected chi connectivity index (χ1v) is 6.42. The van der Waals surface area contributed by atoms with Crippen molar-refractivity contribution in [3.8, 4) is 0 Å². The van der Waals surface area contributed by atoms with Gasteiger partial charge in [-0.1, -0.05) is 15.9 Å². The Morgan fingerprint density at radius 1 is 1.24 bits per heavy atom. The van der Waals surface area contributed by atoms with E-state index < -0.39 is 11.6 Å². The van der Waals surface area contributed by atoms with Gasteiger partial charge in [0.25, 0.3) is 0 Å². The van der Waals surface area contributed by atoms with E-state index in [9.17, 15) is 8.78 Å². The Bertz CT molecular complexity index is 371. The lowest BCUT2D eigenvalue weighted by atomic mass is 10.0. The number of nitrogens with one attached hydrogen (secondary N) is 1. The second-order valence-corrected chi connectivity index (χ2v) is 5.10. The minimum absolute atomic E-state index is 0.0420. The molecule has 0 atom stereocenters. The molecule has 94 valence electrons. The van der Waals surface area contributed by atoms with Crippen LogP contribution < -0.4 is 5.32 Å². The summed E-state index contributed by atoms with van der Waals surface area (Å²) in [5.74, 6) is -0.709. The highest BCUT2D eigenvalue weighted by Gasteiger charge is 2.16. The lowest BCUT2D eigenvalue weighted by Crippen LogP contribution is -2.23. The predicted octanol–water partition coefficient (Wildman–Crippen LogP) is 3.57. The minimum atomic E-state index is -0.566. The molecule has 0 amide bonds. The quantitative estimate of drug-likeness (QED) is 0.922. The van der Waals surface area contributed by atoms with Crippen LogP contribution in [-0.4, -0.2) is 19.8 Å². The Labute approximate surface area is 107 Å². The van der Waals surface area contributed by atoms with Crippen LogP contribution in [0.1, 0.15) is 12.8 Å². The number of hydrogen-bond donors (Lipinski definition) is 1. The molecule has 1 aromatic carbocycles. The maximum Gasteiger partial charge on any atom is 0.150 e. The van der Waals surface area contributed by atoms with E-state index in [-0.39, 0.29) is 5.69 Å². The van der Waals surface area contributed by atoms with Crippen LogP contribution in [0.3, 0.4) is 0 Å². The maximum absolute atomic E-state index is 13.5. The highest BCUT2D eigenvalue weighted by atomic mass is 79.9. The van der Waals surface area contributed by atoms with Crippen molar-refractivity contribution < 1.29 is 13.5 Å². The van der Waals surface area contributed by atoms with Crippen LogP contribution in [0.25, 0.3) is 0 Å². The van der Waals surface area contributed by atoms with Gasteiger partial charge >= 0.3 is 0 Å². The summed E-state index contributed by atoms with van der Waals surface area (Å²) in [6, 6.07) is 2.52. The highest BCUT2D eigenvalue weighted by Crippen LogP contribution is 2.25. The highest BCUT2D eigenvalue weighted by molar-refractivity contribution is 9.10. The normalized spacial score (nSPS) is 17.1. The van der Waals surface area contributed by atoms with E-state index in [1.807, 2.05) is 0 Å². The summed E-state index contributed by atoms with van der Waals surface area (Å²) in [5.41, 5.74) is -0.0420. The number of benzene rings is 1. The van der Waals surface area contributed by atoms with Crippen LogP contribution in [0, 0.1) is 17.6 Å². The average molecular weight is 306 g/mol. The maximum atomic E-state index is 13.5. The van der Waals surface area contributed by atoms with Crippen molar-refractivity contribution >= 4 is 21.6 Å². The van der Waals surface area contributed by atoms with Crippen LogP contribution in [0.15, 0.2) is 16.6 Å². The van der Waals surface area contributed by atoms with E-state index >= 15 is 0 Å². The Hall–Kier alpha value is -0.680. The molecule has 0 saturated carbocycles. The molecule has 0 radical (unpaired) electrons. The van der Waals surface area contributed by atoms with Crippen molar-refractivity contribution in [1.82, 2.24) is 0 Å². The van der Waals surface area contributed by atoms with Crippen LogP contribution in [0.4, 0.5) is 14.5 Å². The third-order valence-electron chi connectivity index (χ3n) is 2.92. The third kappa shape index (κ3) is 3.39. The summed E-state index contributed by atoms with van der Waals surface area (Å²) >= 11 is 3.05. The Kier molecular flexibility index (Phi) is 4.34. The van der Waals surface area contributed by atoms with Gasteiger partial charge in [-0.25, -0.2) is 8.78 Å². The number of rotatable bonds is 3. The molecule has 1 aliphatic heterocycles. The summed E-state index contributed by atoms with van der Waals surface area (Å²) in [6.45, 7) is 2.05. The van der Waals surface area contributed by atoms with E-state index in [1.54, 1.807) is 0 Å². The van der Waals surface area contributed by atoms with Crippen LogP contribution in [-0.2, 0) is 4.74 Å². The zero-order valence-corrected chi connectivity index (χ0v) is 10.9. The Morgan fingerprint density at radius 3 is 2.41 bits per heavy atom. The fourth-order valence-electron chi connectivity index (χ4n) is 1.91. The summed E-state index contributed by atoms with van der Waals surface area (Å²) in [4.78, 5) is 0.